The number of hydrogen-bond donors (Lipinski definition) is 2. The van der Waals surface area contributed by atoms with Gasteiger partial charge in [0.05, 0.1) is 23.7 Å². The van der Waals surface area contributed by atoms with E-state index in [2.05, 4.69) is 39.8 Å². The standard InChI is InChI=1S/C19H28N4O2S2.HI/c1-15(2)17-13-26-18(23-17)12-22-19(20-3)21-10-7-11-27(24,25)14-16-8-5-4-6-9-16;/h4-6,8-9,13,15H,7,10-12,14H2,1-3H3,(H2,20,21,22);1H. The van der Waals surface area contributed by atoms with Crippen LogP contribution in [0.1, 0.15) is 42.5 Å². The van der Waals surface area contributed by atoms with E-state index in [0.717, 1.165) is 16.3 Å². The van der Waals surface area contributed by atoms with E-state index < -0.39 is 9.84 Å². The van der Waals surface area contributed by atoms with Crippen molar-refractivity contribution in [3.63, 3.8) is 0 Å². The van der Waals surface area contributed by atoms with Crippen LogP contribution in [-0.4, -0.2) is 38.7 Å². The van der Waals surface area contributed by atoms with Gasteiger partial charge < -0.3 is 10.6 Å². The van der Waals surface area contributed by atoms with Crippen molar-refractivity contribution in [3.8, 4) is 0 Å². The first kappa shape index (κ1) is 24.8. The smallest absolute Gasteiger partial charge is 0.191 e. The monoisotopic (exact) mass is 536 g/mol. The van der Waals surface area contributed by atoms with Crippen LogP contribution < -0.4 is 10.6 Å². The molecule has 28 heavy (non-hydrogen) atoms. The number of sulfone groups is 1. The molecule has 0 unspecified atom stereocenters. The fourth-order valence-electron chi connectivity index (χ4n) is 2.45. The highest BCUT2D eigenvalue weighted by molar-refractivity contribution is 14.0. The Morgan fingerprint density at radius 1 is 1.21 bits per heavy atom. The largest absolute Gasteiger partial charge is 0.356 e. The summed E-state index contributed by atoms with van der Waals surface area (Å²) in [5, 5.41) is 9.46. The number of halogens is 1. The minimum atomic E-state index is -3.11. The first-order chi connectivity index (χ1) is 12.9. The van der Waals surface area contributed by atoms with Gasteiger partial charge in [-0.1, -0.05) is 44.2 Å². The van der Waals surface area contributed by atoms with E-state index in [0.29, 0.717) is 31.4 Å². The van der Waals surface area contributed by atoms with Crippen molar-refractivity contribution in [1.82, 2.24) is 15.6 Å². The maximum atomic E-state index is 12.2. The third-order valence-corrected chi connectivity index (χ3v) is 6.50. The topological polar surface area (TPSA) is 83.5 Å². The normalized spacial score (nSPS) is 11.9. The van der Waals surface area contributed by atoms with Crippen LogP contribution in [0.5, 0.6) is 0 Å². The molecule has 2 rings (SSSR count). The molecule has 0 saturated heterocycles. The average Bonchev–Trinajstić information content (AvgIpc) is 3.11. The van der Waals surface area contributed by atoms with Gasteiger partial charge in [-0.15, -0.1) is 35.3 Å². The van der Waals surface area contributed by atoms with E-state index in [4.69, 9.17) is 0 Å². The Bertz CT molecular complexity index is 837. The molecule has 9 heteroatoms. The van der Waals surface area contributed by atoms with Crippen LogP contribution in [0.15, 0.2) is 40.7 Å². The maximum Gasteiger partial charge on any atom is 0.191 e. The van der Waals surface area contributed by atoms with E-state index in [9.17, 15) is 8.42 Å². The minimum Gasteiger partial charge on any atom is -0.356 e. The second kappa shape index (κ2) is 12.4. The molecular weight excluding hydrogens is 507 g/mol. The van der Waals surface area contributed by atoms with Crippen molar-refractivity contribution in [2.24, 2.45) is 4.99 Å². The molecule has 2 aromatic rings. The second-order valence-corrected chi connectivity index (χ2v) is 9.73. The fraction of sp³-hybridized carbons (Fsp3) is 0.474. The molecule has 0 amide bonds. The van der Waals surface area contributed by atoms with Crippen molar-refractivity contribution in [2.45, 2.75) is 38.5 Å². The van der Waals surface area contributed by atoms with Gasteiger partial charge in [-0.2, -0.15) is 0 Å². The summed E-state index contributed by atoms with van der Waals surface area (Å²) in [7, 11) is -1.41. The van der Waals surface area contributed by atoms with Crippen molar-refractivity contribution >= 4 is 51.1 Å². The highest BCUT2D eigenvalue weighted by Crippen LogP contribution is 2.17. The van der Waals surface area contributed by atoms with Crippen LogP contribution in [0.3, 0.4) is 0 Å². The molecule has 1 heterocycles. The first-order valence-corrected chi connectivity index (χ1v) is 11.7. The van der Waals surface area contributed by atoms with E-state index in [1.165, 1.54) is 0 Å². The number of rotatable bonds is 9. The minimum absolute atomic E-state index is 0. The van der Waals surface area contributed by atoms with Gasteiger partial charge in [0.1, 0.15) is 5.01 Å². The molecular formula is C19H29IN4O2S2. The molecule has 0 atom stereocenters. The lowest BCUT2D eigenvalue weighted by Crippen LogP contribution is -2.37. The van der Waals surface area contributed by atoms with Crippen LogP contribution in [0, 0.1) is 0 Å². The first-order valence-electron chi connectivity index (χ1n) is 9.03. The lowest BCUT2D eigenvalue weighted by atomic mass is 10.2. The number of nitrogens with zero attached hydrogens (tertiary/aromatic N) is 2. The zero-order valence-corrected chi connectivity index (χ0v) is 20.5. The number of guanidine groups is 1. The lowest BCUT2D eigenvalue weighted by Gasteiger charge is -2.11. The van der Waals surface area contributed by atoms with Crippen molar-refractivity contribution in [3.05, 3.63) is 52.0 Å². The fourth-order valence-corrected chi connectivity index (χ4v) is 4.77. The van der Waals surface area contributed by atoms with Gasteiger partial charge >= 0.3 is 0 Å². The molecule has 0 fully saturated rings. The highest BCUT2D eigenvalue weighted by atomic mass is 127. The number of benzene rings is 1. The summed E-state index contributed by atoms with van der Waals surface area (Å²) < 4.78 is 24.4. The molecule has 0 aliphatic rings. The number of aromatic nitrogens is 1. The van der Waals surface area contributed by atoms with Gasteiger partial charge in [-0.25, -0.2) is 13.4 Å². The average molecular weight is 537 g/mol. The summed E-state index contributed by atoms with van der Waals surface area (Å²) in [6, 6.07) is 9.27. The maximum absolute atomic E-state index is 12.2. The van der Waals surface area contributed by atoms with Gasteiger partial charge in [0, 0.05) is 19.0 Å². The van der Waals surface area contributed by atoms with Crippen LogP contribution in [0.25, 0.3) is 0 Å². The molecule has 0 bridgehead atoms. The number of aliphatic imine (C=N–C) groups is 1. The third-order valence-electron chi connectivity index (χ3n) is 3.95. The Morgan fingerprint density at radius 2 is 1.93 bits per heavy atom. The third kappa shape index (κ3) is 8.87. The second-order valence-electron chi connectivity index (χ2n) is 6.60. The van der Waals surface area contributed by atoms with Crippen LogP contribution in [-0.2, 0) is 22.1 Å². The summed E-state index contributed by atoms with van der Waals surface area (Å²) in [5.74, 6) is 1.31. The van der Waals surface area contributed by atoms with Gasteiger partial charge in [0.25, 0.3) is 0 Å². The summed E-state index contributed by atoms with van der Waals surface area (Å²) in [5.41, 5.74) is 1.93. The molecule has 1 aromatic heterocycles. The van der Waals surface area contributed by atoms with E-state index in [1.807, 2.05) is 30.3 Å². The SMILES string of the molecule is CN=C(NCCCS(=O)(=O)Cc1ccccc1)NCc1nc(C(C)C)cs1.I. The summed E-state index contributed by atoms with van der Waals surface area (Å²) in [6.45, 7) is 5.39. The van der Waals surface area contributed by atoms with E-state index in [1.54, 1.807) is 18.4 Å². The summed E-state index contributed by atoms with van der Waals surface area (Å²) >= 11 is 1.63. The van der Waals surface area contributed by atoms with E-state index >= 15 is 0 Å². The van der Waals surface area contributed by atoms with E-state index in [-0.39, 0.29) is 35.5 Å². The Hall–Kier alpha value is -1.20. The zero-order chi connectivity index (χ0) is 19.7. The lowest BCUT2D eigenvalue weighted by molar-refractivity contribution is 0.591. The molecule has 0 aliphatic carbocycles. The summed E-state index contributed by atoms with van der Waals surface area (Å²) in [6.07, 6.45) is 0.532. The summed E-state index contributed by atoms with van der Waals surface area (Å²) in [4.78, 5) is 8.75. The van der Waals surface area contributed by atoms with Crippen LogP contribution >= 0.6 is 35.3 Å². The van der Waals surface area contributed by atoms with Crippen molar-refractivity contribution in [1.29, 1.82) is 0 Å². The molecule has 0 saturated carbocycles. The zero-order valence-electron chi connectivity index (χ0n) is 16.5. The van der Waals surface area contributed by atoms with Gasteiger partial charge in [0.2, 0.25) is 0 Å². The highest BCUT2D eigenvalue weighted by Gasteiger charge is 2.12. The predicted octanol–water partition coefficient (Wildman–Crippen LogP) is 3.55. The Kier molecular flexibility index (Phi) is 11.0. The molecule has 0 radical (unpaired) electrons. The Morgan fingerprint density at radius 3 is 2.54 bits per heavy atom. The van der Waals surface area contributed by atoms with Gasteiger partial charge in [0.15, 0.2) is 15.8 Å². The van der Waals surface area contributed by atoms with Crippen LogP contribution in [0.4, 0.5) is 0 Å². The molecule has 0 spiro atoms. The predicted molar refractivity (Wildman–Crippen MR) is 128 cm³/mol. The number of hydrogen-bond acceptors (Lipinski definition) is 5. The number of thiazole rings is 1. The van der Waals surface area contributed by atoms with Crippen LogP contribution in [0.2, 0.25) is 0 Å². The molecule has 1 aromatic carbocycles. The van der Waals surface area contributed by atoms with Gasteiger partial charge in [-0.3, -0.25) is 4.99 Å². The number of nitrogens with one attached hydrogen (secondary N) is 2. The van der Waals surface area contributed by atoms with Crippen molar-refractivity contribution < 1.29 is 8.42 Å². The van der Waals surface area contributed by atoms with Gasteiger partial charge in [-0.05, 0) is 17.9 Å². The molecule has 0 aliphatic heterocycles. The Labute approximate surface area is 189 Å². The molecule has 6 nitrogen and oxygen atoms in total. The molecule has 2 N–H and O–H groups in total. The van der Waals surface area contributed by atoms with Crippen molar-refractivity contribution in [2.75, 3.05) is 19.3 Å². The molecule has 156 valence electrons. The Balaban J connectivity index is 0.00000392. The quantitative estimate of drug-likeness (QED) is 0.222.